The van der Waals surface area contributed by atoms with Crippen LogP contribution in [0.15, 0.2) is 23.2 Å². The lowest BCUT2D eigenvalue weighted by Crippen LogP contribution is -2.28. The number of benzene rings is 1. The summed E-state index contributed by atoms with van der Waals surface area (Å²) < 4.78 is 0. The van der Waals surface area contributed by atoms with Gasteiger partial charge in [-0.05, 0) is 37.2 Å². The van der Waals surface area contributed by atoms with E-state index in [1.165, 1.54) is 0 Å². The number of nitrogens with two attached hydrogens (primary N) is 1. The van der Waals surface area contributed by atoms with Crippen LogP contribution in [-0.4, -0.2) is 30.1 Å². The highest BCUT2D eigenvalue weighted by molar-refractivity contribution is 7.80. The molecule has 0 unspecified atom stereocenters. The first-order valence-electron chi connectivity index (χ1n) is 5.30. The molecule has 3 N–H and O–H groups in total. The van der Waals surface area contributed by atoms with Crippen molar-refractivity contribution < 1.29 is 0 Å². The molecule has 0 fully saturated rings. The molecular weight excluding hydrogens is 232 g/mol. The molecule has 0 heterocycles. The van der Waals surface area contributed by atoms with Gasteiger partial charge in [0.2, 0.25) is 5.96 Å². The van der Waals surface area contributed by atoms with Crippen molar-refractivity contribution in [3.05, 3.63) is 29.3 Å². The average Bonchev–Trinajstić information content (AvgIpc) is 2.23. The highest BCUT2D eigenvalue weighted by Crippen LogP contribution is 2.18. The second-order valence-corrected chi connectivity index (χ2v) is 4.43. The van der Waals surface area contributed by atoms with E-state index in [0.717, 1.165) is 16.8 Å². The van der Waals surface area contributed by atoms with Crippen LogP contribution in [-0.2, 0) is 0 Å². The number of aryl methyl sites for hydroxylation is 2. The fraction of sp³-hybridized carbons (Fsp3) is 0.333. The minimum Gasteiger partial charge on any atom is -0.369 e. The topological polar surface area (TPSA) is 53.6 Å². The van der Waals surface area contributed by atoms with E-state index in [4.69, 9.17) is 18.0 Å². The normalized spacial score (nSPS) is 11.2. The van der Waals surface area contributed by atoms with Crippen LogP contribution in [0.25, 0.3) is 0 Å². The monoisotopic (exact) mass is 250 g/mol. The summed E-state index contributed by atoms with van der Waals surface area (Å²) in [5, 5.41) is 3.52. The Hall–Kier alpha value is -1.62. The van der Waals surface area contributed by atoms with E-state index in [9.17, 15) is 0 Å². The van der Waals surface area contributed by atoms with Crippen LogP contribution in [0, 0.1) is 13.8 Å². The van der Waals surface area contributed by atoms with Crippen molar-refractivity contribution in [3.8, 4) is 0 Å². The van der Waals surface area contributed by atoms with E-state index >= 15 is 0 Å². The zero-order chi connectivity index (χ0) is 13.0. The van der Waals surface area contributed by atoms with Gasteiger partial charge in [0.25, 0.3) is 0 Å². The van der Waals surface area contributed by atoms with Crippen molar-refractivity contribution in [2.45, 2.75) is 13.8 Å². The second-order valence-electron chi connectivity index (χ2n) is 4.07. The van der Waals surface area contributed by atoms with Gasteiger partial charge in [0, 0.05) is 19.8 Å². The fourth-order valence-electron chi connectivity index (χ4n) is 1.37. The van der Waals surface area contributed by atoms with Gasteiger partial charge in [0.05, 0.1) is 0 Å². The summed E-state index contributed by atoms with van der Waals surface area (Å²) in [5.74, 6) is 0.307. The molecule has 1 aromatic carbocycles. The summed E-state index contributed by atoms with van der Waals surface area (Å²) in [5.41, 5.74) is 9.04. The van der Waals surface area contributed by atoms with Gasteiger partial charge in [-0.25, -0.2) is 0 Å². The number of hydrogen-bond acceptors (Lipinski definition) is 1. The summed E-state index contributed by atoms with van der Waals surface area (Å²) in [6.07, 6.45) is 0. The molecule has 0 spiro atoms. The molecular formula is C12H18N4S. The third kappa shape index (κ3) is 3.71. The van der Waals surface area contributed by atoms with Gasteiger partial charge in [0.15, 0.2) is 5.11 Å². The zero-order valence-electron chi connectivity index (χ0n) is 10.6. The predicted molar refractivity (Wildman–Crippen MR) is 77.4 cm³/mol. The van der Waals surface area contributed by atoms with Crippen molar-refractivity contribution >= 4 is 29.0 Å². The zero-order valence-corrected chi connectivity index (χ0v) is 11.4. The molecule has 0 saturated carbocycles. The number of rotatable bonds is 1. The van der Waals surface area contributed by atoms with Crippen molar-refractivity contribution in [1.82, 2.24) is 4.90 Å². The Morgan fingerprint density at radius 1 is 1.29 bits per heavy atom. The Labute approximate surface area is 108 Å². The van der Waals surface area contributed by atoms with E-state index in [1.54, 1.807) is 4.90 Å². The number of nitrogens with one attached hydrogen (secondary N) is 1. The average molecular weight is 250 g/mol. The molecule has 0 aliphatic rings. The lowest BCUT2D eigenvalue weighted by Gasteiger charge is -2.13. The van der Waals surface area contributed by atoms with Gasteiger partial charge in [0.1, 0.15) is 0 Å². The van der Waals surface area contributed by atoms with E-state index < -0.39 is 0 Å². The number of thiocarbonyl (C=S) groups is 1. The summed E-state index contributed by atoms with van der Waals surface area (Å²) in [7, 11) is 3.66. The number of guanidine groups is 1. The van der Waals surface area contributed by atoms with Crippen LogP contribution in [0.1, 0.15) is 11.1 Å². The highest BCUT2D eigenvalue weighted by atomic mass is 32.1. The molecule has 0 aliphatic heterocycles. The molecule has 92 valence electrons. The maximum atomic E-state index is 5.81. The second kappa shape index (κ2) is 5.63. The van der Waals surface area contributed by atoms with E-state index in [2.05, 4.69) is 10.3 Å². The third-order valence-electron chi connectivity index (χ3n) is 2.33. The molecule has 0 amide bonds. The van der Waals surface area contributed by atoms with Crippen molar-refractivity contribution in [1.29, 1.82) is 0 Å². The Morgan fingerprint density at radius 3 is 2.29 bits per heavy atom. The molecule has 5 heteroatoms. The molecule has 0 aromatic heterocycles. The van der Waals surface area contributed by atoms with Crippen molar-refractivity contribution in [3.63, 3.8) is 0 Å². The van der Waals surface area contributed by atoms with E-state index in [0.29, 0.717) is 11.1 Å². The number of hydrogen-bond donors (Lipinski definition) is 2. The first-order chi connectivity index (χ1) is 7.91. The Kier molecular flexibility index (Phi) is 4.45. The van der Waals surface area contributed by atoms with Gasteiger partial charge in [-0.3, -0.25) is 0 Å². The lowest BCUT2D eigenvalue weighted by molar-refractivity contribution is 0.628. The van der Waals surface area contributed by atoms with E-state index in [-0.39, 0.29) is 0 Å². The van der Waals surface area contributed by atoms with E-state index in [1.807, 2.05) is 46.1 Å². The SMILES string of the molecule is Cc1cccc(C)c1N/C(N)=N/C(=S)N(C)C. The molecule has 17 heavy (non-hydrogen) atoms. The minimum atomic E-state index is 0.307. The first kappa shape index (κ1) is 13.4. The van der Waals surface area contributed by atoms with Crippen LogP contribution < -0.4 is 11.1 Å². The molecule has 1 aromatic rings. The van der Waals surface area contributed by atoms with Crippen LogP contribution in [0.4, 0.5) is 5.69 Å². The van der Waals surface area contributed by atoms with Crippen LogP contribution in [0.5, 0.6) is 0 Å². The molecule has 0 aliphatic carbocycles. The minimum absolute atomic E-state index is 0.307. The molecule has 0 saturated heterocycles. The summed E-state index contributed by atoms with van der Waals surface area (Å²) in [6.45, 7) is 4.04. The molecule has 0 atom stereocenters. The predicted octanol–water partition coefficient (Wildman–Crippen LogP) is 1.88. The molecule has 4 nitrogen and oxygen atoms in total. The van der Waals surface area contributed by atoms with Crippen molar-refractivity contribution in [2.24, 2.45) is 10.7 Å². The number of aliphatic imine (C=N–C) groups is 1. The fourth-order valence-corrected chi connectivity index (χ4v) is 1.47. The molecule has 1 rings (SSSR count). The Bertz CT molecular complexity index is 432. The van der Waals surface area contributed by atoms with Crippen LogP contribution in [0.2, 0.25) is 0 Å². The van der Waals surface area contributed by atoms with Gasteiger partial charge in [-0.1, -0.05) is 18.2 Å². The first-order valence-corrected chi connectivity index (χ1v) is 5.71. The summed E-state index contributed by atoms with van der Waals surface area (Å²) in [6, 6.07) is 6.05. The van der Waals surface area contributed by atoms with Gasteiger partial charge in [-0.15, -0.1) is 0 Å². The number of anilines is 1. The standard InChI is InChI=1S/C12H18N4S/c1-8-6-5-7-9(2)10(8)14-11(13)15-12(17)16(3)4/h5-7H,1-4H3,(H3,13,14,15,17). The van der Waals surface area contributed by atoms with Gasteiger partial charge in [-0.2, -0.15) is 4.99 Å². The van der Waals surface area contributed by atoms with Crippen LogP contribution in [0.3, 0.4) is 0 Å². The van der Waals surface area contributed by atoms with Gasteiger partial charge < -0.3 is 16.0 Å². The largest absolute Gasteiger partial charge is 0.369 e. The van der Waals surface area contributed by atoms with Crippen LogP contribution >= 0.6 is 12.2 Å². The molecule has 0 radical (unpaired) electrons. The number of nitrogens with zero attached hydrogens (tertiary/aromatic N) is 2. The Morgan fingerprint density at radius 2 is 1.82 bits per heavy atom. The lowest BCUT2D eigenvalue weighted by atomic mass is 10.1. The maximum absolute atomic E-state index is 5.81. The summed E-state index contributed by atoms with van der Waals surface area (Å²) >= 11 is 5.05. The third-order valence-corrected chi connectivity index (χ3v) is 2.79. The number of para-hydroxylation sites is 1. The highest BCUT2D eigenvalue weighted by Gasteiger charge is 2.04. The van der Waals surface area contributed by atoms with Gasteiger partial charge >= 0.3 is 0 Å². The molecule has 0 bridgehead atoms. The maximum Gasteiger partial charge on any atom is 0.200 e. The Balaban J connectivity index is 2.88. The quantitative estimate of drug-likeness (QED) is 0.454. The van der Waals surface area contributed by atoms with Crippen molar-refractivity contribution in [2.75, 3.05) is 19.4 Å². The summed E-state index contributed by atoms with van der Waals surface area (Å²) in [4.78, 5) is 5.83. The smallest absolute Gasteiger partial charge is 0.200 e.